The van der Waals surface area contributed by atoms with Gasteiger partial charge in [0, 0.05) is 11.6 Å². The number of ether oxygens (including phenoxy) is 2. The van der Waals surface area contributed by atoms with Gasteiger partial charge in [-0.2, -0.15) is 11.3 Å². The van der Waals surface area contributed by atoms with E-state index < -0.39 is 0 Å². The molecule has 1 heterocycles. The molecule has 25 heavy (non-hydrogen) atoms. The second-order valence-electron chi connectivity index (χ2n) is 5.91. The molecule has 3 aromatic rings. The molecule has 2 atom stereocenters. The lowest BCUT2D eigenvalue weighted by molar-refractivity contribution is 0.171. The summed E-state index contributed by atoms with van der Waals surface area (Å²) in [5.41, 5.74) is 8.53. The third-order valence-corrected chi connectivity index (χ3v) is 4.77. The summed E-state index contributed by atoms with van der Waals surface area (Å²) in [7, 11) is 0. The van der Waals surface area contributed by atoms with E-state index in [0.717, 1.165) is 29.0 Å². The predicted octanol–water partition coefficient (Wildman–Crippen LogP) is 5.18. The molecule has 0 fully saturated rings. The van der Waals surface area contributed by atoms with Crippen molar-refractivity contribution < 1.29 is 9.47 Å². The highest BCUT2D eigenvalue weighted by Gasteiger charge is 2.21. The molecule has 0 spiro atoms. The van der Waals surface area contributed by atoms with Crippen LogP contribution in [-0.4, -0.2) is 6.04 Å². The average Bonchev–Trinajstić information content (AvgIpc) is 3.20. The van der Waals surface area contributed by atoms with Gasteiger partial charge in [-0.3, -0.25) is 0 Å². The van der Waals surface area contributed by atoms with Crippen molar-refractivity contribution in [1.29, 1.82) is 0 Å². The van der Waals surface area contributed by atoms with Gasteiger partial charge >= 0.3 is 0 Å². The van der Waals surface area contributed by atoms with E-state index in [2.05, 4.69) is 35.9 Å². The maximum Gasteiger partial charge on any atom is 0.140 e. The summed E-state index contributed by atoms with van der Waals surface area (Å²) in [4.78, 5) is 0. The molecule has 0 aliphatic heterocycles. The lowest BCUT2D eigenvalue weighted by Gasteiger charge is -2.23. The number of nitrogens with two attached hydrogens (primary N) is 1. The van der Waals surface area contributed by atoms with Gasteiger partial charge < -0.3 is 15.2 Å². The van der Waals surface area contributed by atoms with E-state index in [1.807, 2.05) is 42.5 Å². The third-order valence-electron chi connectivity index (χ3n) is 4.07. The van der Waals surface area contributed by atoms with Crippen LogP contribution in [0.3, 0.4) is 0 Å². The molecule has 0 saturated heterocycles. The molecule has 0 bridgehead atoms. The Hall–Kier alpha value is -2.30. The highest BCUT2D eigenvalue weighted by Crippen LogP contribution is 2.28. The minimum atomic E-state index is -0.132. The molecule has 3 rings (SSSR count). The van der Waals surface area contributed by atoms with Gasteiger partial charge in [0.1, 0.15) is 24.2 Å². The maximum absolute atomic E-state index is 6.25. The van der Waals surface area contributed by atoms with Crippen LogP contribution in [0.2, 0.25) is 0 Å². The molecule has 0 saturated carbocycles. The predicted molar refractivity (Wildman–Crippen MR) is 103 cm³/mol. The quantitative estimate of drug-likeness (QED) is 0.606. The molecule has 1 aromatic heterocycles. The summed E-state index contributed by atoms with van der Waals surface area (Å²) in [6, 6.07) is 19.9. The topological polar surface area (TPSA) is 44.5 Å². The van der Waals surface area contributed by atoms with Gasteiger partial charge in [-0.25, -0.2) is 0 Å². The largest absolute Gasteiger partial charge is 0.489 e. The Morgan fingerprint density at radius 1 is 0.960 bits per heavy atom. The normalized spacial score (nSPS) is 13.2. The van der Waals surface area contributed by atoms with E-state index in [0.29, 0.717) is 6.61 Å². The van der Waals surface area contributed by atoms with Gasteiger partial charge in [0.25, 0.3) is 0 Å². The van der Waals surface area contributed by atoms with Crippen molar-refractivity contribution in [3.8, 4) is 11.5 Å². The summed E-state index contributed by atoms with van der Waals surface area (Å²) in [6.07, 6.45) is 0.728. The zero-order valence-electron chi connectivity index (χ0n) is 14.3. The zero-order valence-corrected chi connectivity index (χ0v) is 15.1. The minimum Gasteiger partial charge on any atom is -0.489 e. The molecule has 0 radical (unpaired) electrons. The third kappa shape index (κ3) is 4.84. The van der Waals surface area contributed by atoms with Crippen molar-refractivity contribution >= 4 is 11.3 Å². The second-order valence-corrected chi connectivity index (χ2v) is 6.69. The average molecular weight is 353 g/mol. The molecule has 2 N–H and O–H groups in total. The fourth-order valence-electron chi connectivity index (χ4n) is 2.56. The fourth-order valence-corrected chi connectivity index (χ4v) is 3.24. The first-order valence-electron chi connectivity index (χ1n) is 8.47. The molecule has 0 aliphatic rings. The van der Waals surface area contributed by atoms with Crippen LogP contribution in [-0.2, 0) is 6.61 Å². The number of benzene rings is 2. The van der Waals surface area contributed by atoms with Crippen LogP contribution < -0.4 is 15.2 Å². The van der Waals surface area contributed by atoms with Crippen molar-refractivity contribution in [2.24, 2.45) is 5.73 Å². The molecule has 0 amide bonds. The van der Waals surface area contributed by atoms with E-state index in [-0.39, 0.29) is 12.1 Å². The Morgan fingerprint density at radius 3 is 2.32 bits per heavy atom. The van der Waals surface area contributed by atoms with Gasteiger partial charge in [-0.15, -0.1) is 0 Å². The van der Waals surface area contributed by atoms with Crippen molar-refractivity contribution in [2.75, 3.05) is 0 Å². The monoisotopic (exact) mass is 353 g/mol. The molecule has 3 nitrogen and oxygen atoms in total. The Bertz CT molecular complexity index is 741. The number of hydrogen-bond donors (Lipinski definition) is 1. The molecule has 2 aromatic carbocycles. The van der Waals surface area contributed by atoms with Crippen LogP contribution in [0.25, 0.3) is 0 Å². The van der Waals surface area contributed by atoms with E-state index in [9.17, 15) is 0 Å². The van der Waals surface area contributed by atoms with Gasteiger partial charge in [0.05, 0.1) is 0 Å². The molecular formula is C21H23NO2S. The smallest absolute Gasteiger partial charge is 0.140 e. The highest BCUT2D eigenvalue weighted by atomic mass is 32.1. The molecule has 2 unspecified atom stereocenters. The molecule has 130 valence electrons. The van der Waals surface area contributed by atoms with E-state index in [4.69, 9.17) is 15.2 Å². The summed E-state index contributed by atoms with van der Waals surface area (Å²) in [5.74, 6) is 1.62. The maximum atomic E-state index is 6.25. The van der Waals surface area contributed by atoms with Crippen LogP contribution in [0.5, 0.6) is 11.5 Å². The van der Waals surface area contributed by atoms with Gasteiger partial charge in [-0.1, -0.05) is 37.3 Å². The summed E-state index contributed by atoms with van der Waals surface area (Å²) >= 11 is 1.66. The summed E-state index contributed by atoms with van der Waals surface area (Å²) < 4.78 is 12.0. The van der Waals surface area contributed by atoms with Crippen LogP contribution in [0.15, 0.2) is 71.4 Å². The Balaban J connectivity index is 1.63. The number of hydrogen-bond acceptors (Lipinski definition) is 4. The lowest BCUT2D eigenvalue weighted by Crippen LogP contribution is -2.31. The minimum absolute atomic E-state index is 0.0383. The highest BCUT2D eigenvalue weighted by molar-refractivity contribution is 7.07. The van der Waals surface area contributed by atoms with Crippen LogP contribution in [0.1, 0.15) is 30.6 Å². The van der Waals surface area contributed by atoms with Crippen LogP contribution >= 0.6 is 11.3 Å². The summed E-state index contributed by atoms with van der Waals surface area (Å²) in [5, 5.41) is 4.14. The fraction of sp³-hybridized carbons (Fsp3) is 0.238. The standard InChI is InChI=1S/C21H23NO2S/c1-2-20(22)21(17-12-13-25-15-17)24-19-10-8-18(9-11-19)23-14-16-6-4-3-5-7-16/h3-13,15,20-21H,2,14,22H2,1H3. The van der Waals surface area contributed by atoms with E-state index >= 15 is 0 Å². The zero-order chi connectivity index (χ0) is 17.5. The molecule has 4 heteroatoms. The van der Waals surface area contributed by atoms with Crippen molar-refractivity contribution in [2.45, 2.75) is 32.1 Å². The number of rotatable bonds is 8. The first-order valence-corrected chi connectivity index (χ1v) is 9.41. The first kappa shape index (κ1) is 17.5. The van der Waals surface area contributed by atoms with Crippen LogP contribution in [0.4, 0.5) is 0 Å². The van der Waals surface area contributed by atoms with Crippen molar-refractivity contribution in [3.63, 3.8) is 0 Å². The Labute approximate surface area is 153 Å². The Morgan fingerprint density at radius 2 is 1.68 bits per heavy atom. The Kier molecular flexibility index (Phi) is 6.09. The van der Waals surface area contributed by atoms with Gasteiger partial charge in [0.2, 0.25) is 0 Å². The van der Waals surface area contributed by atoms with Gasteiger partial charge in [0.15, 0.2) is 0 Å². The van der Waals surface area contributed by atoms with E-state index in [1.54, 1.807) is 11.3 Å². The van der Waals surface area contributed by atoms with Crippen molar-refractivity contribution in [1.82, 2.24) is 0 Å². The van der Waals surface area contributed by atoms with Gasteiger partial charge in [-0.05, 0) is 53.1 Å². The SMILES string of the molecule is CCC(N)C(Oc1ccc(OCc2ccccc2)cc1)c1ccsc1. The summed E-state index contributed by atoms with van der Waals surface area (Å²) in [6.45, 7) is 2.63. The second kappa shape index (κ2) is 8.70. The van der Waals surface area contributed by atoms with Crippen LogP contribution in [0, 0.1) is 0 Å². The van der Waals surface area contributed by atoms with E-state index in [1.165, 1.54) is 0 Å². The molecule has 0 aliphatic carbocycles. The molecular weight excluding hydrogens is 330 g/mol. The number of thiophene rings is 1. The van der Waals surface area contributed by atoms with Crippen molar-refractivity contribution in [3.05, 3.63) is 82.6 Å². The lowest BCUT2D eigenvalue weighted by atomic mass is 10.0. The first-order chi connectivity index (χ1) is 12.3.